The maximum atomic E-state index is 11.6. The zero-order valence-corrected chi connectivity index (χ0v) is 11.3. The molecule has 0 saturated carbocycles. The van der Waals surface area contributed by atoms with Crippen LogP contribution in [0.4, 0.5) is 0 Å². The molecule has 3 nitrogen and oxygen atoms in total. The number of aliphatic imine (C=N–C) groups is 1. The first-order valence-electron chi connectivity index (χ1n) is 5.54. The minimum Gasteiger partial charge on any atom is -0.310 e. The van der Waals surface area contributed by atoms with E-state index in [4.69, 9.17) is 0 Å². The first-order valence-corrected chi connectivity index (χ1v) is 5.54. The van der Waals surface area contributed by atoms with Gasteiger partial charge in [-0.05, 0) is 13.0 Å². The minimum absolute atomic E-state index is 0.0591. The largest absolute Gasteiger partial charge is 0.310 e. The Kier molecular flexibility index (Phi) is 9.46. The Hall–Kier alpha value is -1.38. The second kappa shape index (κ2) is 8.89. The summed E-state index contributed by atoms with van der Waals surface area (Å²) in [4.78, 5) is 15.5. The van der Waals surface area contributed by atoms with Crippen molar-refractivity contribution in [3.63, 3.8) is 0 Å². The van der Waals surface area contributed by atoms with Crippen LogP contribution in [0.3, 0.4) is 0 Å². The van der Waals surface area contributed by atoms with E-state index in [2.05, 4.69) is 16.9 Å². The number of nitrogens with zero attached hydrogens (tertiary/aromatic N) is 1. The molecule has 1 amide bonds. The summed E-state index contributed by atoms with van der Waals surface area (Å²) in [5, 5.41) is 2.71. The molecule has 0 aliphatic heterocycles. The van der Waals surface area contributed by atoms with Crippen molar-refractivity contribution in [1.29, 1.82) is 0 Å². The molecule has 0 aliphatic rings. The molecule has 3 heteroatoms. The monoisotopic (exact) mass is 224 g/mol. The summed E-state index contributed by atoms with van der Waals surface area (Å²) in [6, 6.07) is 0. The van der Waals surface area contributed by atoms with Crippen molar-refractivity contribution in [2.75, 3.05) is 0 Å². The highest BCUT2D eigenvalue weighted by Gasteiger charge is 2.21. The van der Waals surface area contributed by atoms with Gasteiger partial charge < -0.3 is 5.32 Å². The van der Waals surface area contributed by atoms with Gasteiger partial charge in [0.1, 0.15) is 5.84 Å². The number of carbonyl (C=O) groups excluding carboxylic acids is 1. The topological polar surface area (TPSA) is 41.5 Å². The summed E-state index contributed by atoms with van der Waals surface area (Å²) in [6.45, 7) is 14.9. The molecule has 0 unspecified atom stereocenters. The highest BCUT2D eigenvalue weighted by atomic mass is 16.2. The van der Waals surface area contributed by atoms with Crippen LogP contribution in [0.15, 0.2) is 29.9 Å². The average Bonchev–Trinajstić information content (AvgIpc) is 2.20. The molecule has 0 spiro atoms. The van der Waals surface area contributed by atoms with Gasteiger partial charge in [0.25, 0.3) is 0 Å². The molecular weight excluding hydrogens is 200 g/mol. The van der Waals surface area contributed by atoms with Crippen LogP contribution in [0.2, 0.25) is 0 Å². The lowest BCUT2D eigenvalue weighted by Gasteiger charge is -2.17. The van der Waals surface area contributed by atoms with E-state index < -0.39 is 5.41 Å². The fraction of sp³-hybridized carbons (Fsp3) is 0.538. The van der Waals surface area contributed by atoms with Crippen molar-refractivity contribution >= 4 is 11.7 Å². The van der Waals surface area contributed by atoms with Gasteiger partial charge in [-0.15, -0.1) is 0 Å². The number of hydrogen-bond acceptors (Lipinski definition) is 2. The fourth-order valence-corrected chi connectivity index (χ4v) is 0.677. The van der Waals surface area contributed by atoms with E-state index in [1.807, 2.05) is 47.6 Å². The van der Waals surface area contributed by atoms with Crippen molar-refractivity contribution in [1.82, 2.24) is 5.32 Å². The van der Waals surface area contributed by atoms with Gasteiger partial charge in [0, 0.05) is 11.6 Å². The van der Waals surface area contributed by atoms with Crippen molar-refractivity contribution in [2.24, 2.45) is 10.4 Å². The third-order valence-corrected chi connectivity index (χ3v) is 1.48. The van der Waals surface area contributed by atoms with Crippen LogP contribution in [0.25, 0.3) is 0 Å². The van der Waals surface area contributed by atoms with Crippen LogP contribution < -0.4 is 5.32 Å². The van der Waals surface area contributed by atoms with Crippen LogP contribution >= 0.6 is 0 Å². The molecule has 92 valence electrons. The average molecular weight is 224 g/mol. The Morgan fingerprint density at radius 2 is 1.81 bits per heavy atom. The Morgan fingerprint density at radius 1 is 1.31 bits per heavy atom. The molecule has 0 aromatic carbocycles. The molecule has 0 rings (SSSR count). The molecule has 0 aliphatic carbocycles. The number of amidine groups is 1. The summed E-state index contributed by atoms with van der Waals surface area (Å²) in [5.41, 5.74) is -0.413. The van der Waals surface area contributed by atoms with Crippen molar-refractivity contribution in [3.8, 4) is 0 Å². The number of allylic oxidation sites excluding steroid dienone is 1. The minimum atomic E-state index is -0.413. The van der Waals surface area contributed by atoms with Gasteiger partial charge in [0.15, 0.2) is 0 Å². The van der Waals surface area contributed by atoms with E-state index in [0.717, 1.165) is 0 Å². The molecule has 0 saturated heterocycles. The molecule has 0 aromatic heterocycles. The summed E-state index contributed by atoms with van der Waals surface area (Å²) in [7, 11) is 0. The molecule has 16 heavy (non-hydrogen) atoms. The Balaban J connectivity index is 0. The normalized spacial score (nSPS) is 11.8. The lowest BCUT2D eigenvalue weighted by molar-refractivity contribution is -0.126. The fourth-order valence-electron chi connectivity index (χ4n) is 0.677. The number of amides is 1. The Labute approximate surface area is 99.4 Å². The molecule has 0 aromatic rings. The zero-order chi connectivity index (χ0) is 13.2. The predicted octanol–water partition coefficient (Wildman–Crippen LogP) is 3.29. The van der Waals surface area contributed by atoms with Crippen LogP contribution in [-0.4, -0.2) is 11.7 Å². The SMILES string of the molecule is C=CN=C(/C=C\C)NC(=O)C(C)(C)C.CC. The molecular formula is C13H24N2O. The van der Waals surface area contributed by atoms with Gasteiger partial charge in [-0.2, -0.15) is 0 Å². The molecule has 0 heterocycles. The molecule has 0 bridgehead atoms. The standard InChI is InChI=1S/C11H18N2O.C2H6/c1-6-8-9(12-7-2)13-10(14)11(3,4)5;1-2/h6-8H,2H2,1,3-5H3,(H,12,13,14);1-2H3/b8-6-;. The highest BCUT2D eigenvalue weighted by molar-refractivity contribution is 6.05. The van der Waals surface area contributed by atoms with Gasteiger partial charge >= 0.3 is 0 Å². The zero-order valence-electron chi connectivity index (χ0n) is 11.3. The lowest BCUT2D eigenvalue weighted by Crippen LogP contribution is -2.38. The van der Waals surface area contributed by atoms with E-state index in [9.17, 15) is 4.79 Å². The van der Waals surface area contributed by atoms with Crippen molar-refractivity contribution < 1.29 is 4.79 Å². The van der Waals surface area contributed by atoms with Crippen LogP contribution in [0.5, 0.6) is 0 Å². The third kappa shape index (κ3) is 7.97. The lowest BCUT2D eigenvalue weighted by atomic mass is 9.96. The number of carbonyl (C=O) groups is 1. The number of hydrogen-bond donors (Lipinski definition) is 1. The van der Waals surface area contributed by atoms with Gasteiger partial charge in [0.05, 0.1) is 0 Å². The van der Waals surface area contributed by atoms with Gasteiger partial charge in [-0.1, -0.05) is 47.3 Å². The first kappa shape index (κ1) is 17.0. The quantitative estimate of drug-likeness (QED) is 0.567. The van der Waals surface area contributed by atoms with Gasteiger partial charge in [0.2, 0.25) is 5.91 Å². The van der Waals surface area contributed by atoms with E-state index in [0.29, 0.717) is 5.84 Å². The summed E-state index contributed by atoms with van der Waals surface area (Å²) < 4.78 is 0. The highest BCUT2D eigenvalue weighted by Crippen LogP contribution is 2.12. The third-order valence-electron chi connectivity index (χ3n) is 1.48. The van der Waals surface area contributed by atoms with E-state index >= 15 is 0 Å². The number of rotatable bonds is 2. The van der Waals surface area contributed by atoms with Crippen LogP contribution in [-0.2, 0) is 4.79 Å². The Bertz CT molecular complexity index is 270. The predicted molar refractivity (Wildman–Crippen MR) is 71.4 cm³/mol. The summed E-state index contributed by atoms with van der Waals surface area (Å²) >= 11 is 0. The molecule has 0 fully saturated rings. The smallest absolute Gasteiger partial charge is 0.230 e. The molecule has 0 radical (unpaired) electrons. The summed E-state index contributed by atoms with van der Waals surface area (Å²) in [5.74, 6) is 0.457. The second-order valence-electron chi connectivity index (χ2n) is 3.90. The molecule has 1 N–H and O–H groups in total. The second-order valence-corrected chi connectivity index (χ2v) is 3.90. The van der Waals surface area contributed by atoms with Crippen LogP contribution in [0, 0.1) is 5.41 Å². The van der Waals surface area contributed by atoms with Gasteiger partial charge in [-0.3, -0.25) is 4.79 Å². The summed E-state index contributed by atoms with van der Waals surface area (Å²) in [6.07, 6.45) is 4.94. The maximum Gasteiger partial charge on any atom is 0.230 e. The first-order chi connectivity index (χ1) is 7.41. The Morgan fingerprint density at radius 3 is 2.12 bits per heavy atom. The molecule has 0 atom stereocenters. The van der Waals surface area contributed by atoms with Crippen molar-refractivity contribution in [3.05, 3.63) is 24.9 Å². The van der Waals surface area contributed by atoms with Crippen LogP contribution in [0.1, 0.15) is 41.5 Å². The van der Waals surface area contributed by atoms with E-state index in [1.54, 1.807) is 6.08 Å². The van der Waals surface area contributed by atoms with Crippen molar-refractivity contribution in [2.45, 2.75) is 41.5 Å². The van der Waals surface area contributed by atoms with Gasteiger partial charge in [-0.25, -0.2) is 4.99 Å². The van der Waals surface area contributed by atoms with E-state index in [-0.39, 0.29) is 5.91 Å². The van der Waals surface area contributed by atoms with E-state index in [1.165, 1.54) is 6.20 Å². The maximum absolute atomic E-state index is 11.6. The number of nitrogens with one attached hydrogen (secondary N) is 1.